The van der Waals surface area contributed by atoms with E-state index in [0.29, 0.717) is 0 Å². The highest BCUT2D eigenvalue weighted by atomic mass is 32.2. The molecule has 0 aromatic rings. The molecule has 2 unspecified atom stereocenters. The molecule has 2 rings (SSSR count). The van der Waals surface area contributed by atoms with Gasteiger partial charge in [0, 0.05) is 31.7 Å². The molecule has 2 fully saturated rings. The van der Waals surface area contributed by atoms with Crippen LogP contribution in [-0.2, 0) is 0 Å². The average molecular weight is 285 g/mol. The van der Waals surface area contributed by atoms with Crippen LogP contribution in [0.2, 0.25) is 0 Å². The van der Waals surface area contributed by atoms with E-state index < -0.39 is 0 Å². The first-order chi connectivity index (χ1) is 9.31. The van der Waals surface area contributed by atoms with Crippen LogP contribution in [0.25, 0.3) is 0 Å². The molecule has 0 aromatic heterocycles. The fraction of sp³-hybridized carbons (Fsp3) is 1.00. The van der Waals surface area contributed by atoms with Gasteiger partial charge in [-0.25, -0.2) is 0 Å². The monoisotopic (exact) mass is 284 g/mol. The summed E-state index contributed by atoms with van der Waals surface area (Å²) in [4.78, 5) is 2.74. The molecule has 0 bridgehead atoms. The number of piperazine rings is 1. The molecule has 0 radical (unpaired) electrons. The van der Waals surface area contributed by atoms with Crippen LogP contribution in [0.5, 0.6) is 0 Å². The zero-order valence-corrected chi connectivity index (χ0v) is 13.7. The molecular weight excluding hydrogens is 252 g/mol. The third kappa shape index (κ3) is 4.95. The van der Waals surface area contributed by atoms with E-state index in [0.717, 1.165) is 18.0 Å². The molecule has 2 atom stereocenters. The topological polar surface area (TPSA) is 15.3 Å². The van der Waals surface area contributed by atoms with Crippen LogP contribution < -0.4 is 5.32 Å². The zero-order chi connectivity index (χ0) is 13.5. The number of rotatable bonds is 6. The Labute approximate surface area is 124 Å². The van der Waals surface area contributed by atoms with Gasteiger partial charge in [0.25, 0.3) is 0 Å². The van der Waals surface area contributed by atoms with Gasteiger partial charge in [-0.05, 0) is 43.6 Å². The van der Waals surface area contributed by atoms with E-state index in [1.54, 1.807) is 0 Å². The van der Waals surface area contributed by atoms with E-state index in [1.807, 2.05) is 0 Å². The predicted octanol–water partition coefficient (Wildman–Crippen LogP) is 3.37. The van der Waals surface area contributed by atoms with Gasteiger partial charge in [-0.15, -0.1) is 0 Å². The molecule has 1 heterocycles. The van der Waals surface area contributed by atoms with Gasteiger partial charge in [0.2, 0.25) is 0 Å². The number of hydrogen-bond donors (Lipinski definition) is 1. The lowest BCUT2D eigenvalue weighted by Gasteiger charge is -2.41. The van der Waals surface area contributed by atoms with Crippen molar-refractivity contribution >= 4 is 11.8 Å². The zero-order valence-electron chi connectivity index (χ0n) is 12.9. The lowest BCUT2D eigenvalue weighted by atomic mass is 9.83. The summed E-state index contributed by atoms with van der Waals surface area (Å²) in [7, 11) is 0. The van der Waals surface area contributed by atoms with Crippen LogP contribution in [0.15, 0.2) is 0 Å². The first kappa shape index (κ1) is 15.7. The van der Waals surface area contributed by atoms with E-state index in [-0.39, 0.29) is 0 Å². The summed E-state index contributed by atoms with van der Waals surface area (Å²) in [5.41, 5.74) is 0. The maximum absolute atomic E-state index is 3.79. The minimum absolute atomic E-state index is 0.771. The largest absolute Gasteiger partial charge is 0.311 e. The third-order valence-electron chi connectivity index (χ3n) is 4.96. The smallest absolute Gasteiger partial charge is 0.0223 e. The van der Waals surface area contributed by atoms with Crippen molar-refractivity contribution in [3.63, 3.8) is 0 Å². The number of nitrogens with one attached hydrogen (secondary N) is 1. The lowest BCUT2D eigenvalue weighted by molar-refractivity contribution is 0.113. The van der Waals surface area contributed by atoms with Crippen molar-refractivity contribution in [1.82, 2.24) is 10.2 Å². The van der Waals surface area contributed by atoms with E-state index in [9.17, 15) is 0 Å². The molecule has 112 valence electrons. The van der Waals surface area contributed by atoms with Gasteiger partial charge in [0.05, 0.1) is 0 Å². The van der Waals surface area contributed by atoms with Gasteiger partial charge in [-0.1, -0.05) is 26.2 Å². The molecule has 1 N–H and O–H groups in total. The van der Waals surface area contributed by atoms with Crippen LogP contribution >= 0.6 is 11.8 Å². The minimum Gasteiger partial charge on any atom is -0.311 e. The summed E-state index contributed by atoms with van der Waals surface area (Å²) in [5, 5.41) is 3.79. The van der Waals surface area contributed by atoms with Crippen molar-refractivity contribution in [2.24, 2.45) is 5.92 Å². The van der Waals surface area contributed by atoms with E-state index >= 15 is 0 Å². The summed E-state index contributed by atoms with van der Waals surface area (Å²) in [6, 6.07) is 1.54. The molecule has 1 aliphatic carbocycles. The fourth-order valence-electron chi connectivity index (χ4n) is 3.64. The van der Waals surface area contributed by atoms with E-state index in [2.05, 4.69) is 35.8 Å². The summed E-state index contributed by atoms with van der Waals surface area (Å²) >= 11 is 2.09. The molecule has 3 heteroatoms. The Balaban J connectivity index is 1.75. The van der Waals surface area contributed by atoms with Gasteiger partial charge >= 0.3 is 0 Å². The highest BCUT2D eigenvalue weighted by Gasteiger charge is 2.29. The Bertz CT molecular complexity index is 241. The van der Waals surface area contributed by atoms with Crippen LogP contribution in [-0.4, -0.2) is 48.1 Å². The molecule has 1 saturated carbocycles. The van der Waals surface area contributed by atoms with Crippen molar-refractivity contribution in [2.75, 3.05) is 31.1 Å². The maximum atomic E-state index is 3.79. The summed E-state index contributed by atoms with van der Waals surface area (Å²) < 4.78 is 0. The molecule has 19 heavy (non-hydrogen) atoms. The summed E-state index contributed by atoms with van der Waals surface area (Å²) in [6.45, 7) is 8.44. The van der Waals surface area contributed by atoms with E-state index in [1.165, 1.54) is 69.7 Å². The van der Waals surface area contributed by atoms with Crippen molar-refractivity contribution in [2.45, 2.75) is 64.5 Å². The second-order valence-electron chi connectivity index (χ2n) is 6.29. The van der Waals surface area contributed by atoms with E-state index in [4.69, 9.17) is 0 Å². The van der Waals surface area contributed by atoms with Crippen LogP contribution in [0.3, 0.4) is 0 Å². The maximum Gasteiger partial charge on any atom is 0.0223 e. The van der Waals surface area contributed by atoms with Crippen molar-refractivity contribution in [3.05, 3.63) is 0 Å². The molecular formula is C16H32N2S. The Morgan fingerprint density at radius 3 is 2.79 bits per heavy atom. The molecule has 1 aliphatic heterocycles. The van der Waals surface area contributed by atoms with Crippen molar-refractivity contribution in [3.8, 4) is 0 Å². The van der Waals surface area contributed by atoms with Gasteiger partial charge < -0.3 is 5.32 Å². The molecule has 2 nitrogen and oxygen atoms in total. The number of thioether (sulfide) groups is 1. The Morgan fingerprint density at radius 1 is 1.26 bits per heavy atom. The Kier molecular flexibility index (Phi) is 7.03. The standard InChI is InChI=1S/C16H32N2S/c1-3-19-12-9-14(2)18-11-10-17-16(13-18)15-7-5-4-6-8-15/h14-17H,3-13H2,1-2H3. The predicted molar refractivity (Wildman–Crippen MR) is 87.0 cm³/mol. The van der Waals surface area contributed by atoms with Crippen LogP contribution in [0, 0.1) is 5.92 Å². The highest BCUT2D eigenvalue weighted by molar-refractivity contribution is 7.99. The molecule has 2 aliphatic rings. The first-order valence-corrected chi connectivity index (χ1v) is 9.52. The number of nitrogens with zero attached hydrogens (tertiary/aromatic N) is 1. The number of hydrogen-bond acceptors (Lipinski definition) is 3. The SMILES string of the molecule is CCSCCC(C)N1CCNC(C2CCCCC2)C1. The average Bonchev–Trinajstić information content (AvgIpc) is 2.48. The second-order valence-corrected chi connectivity index (χ2v) is 7.68. The highest BCUT2D eigenvalue weighted by Crippen LogP contribution is 2.28. The van der Waals surface area contributed by atoms with Gasteiger partial charge in [0.15, 0.2) is 0 Å². The molecule has 0 spiro atoms. The third-order valence-corrected chi connectivity index (χ3v) is 5.90. The fourth-order valence-corrected chi connectivity index (χ4v) is 4.43. The minimum atomic E-state index is 0.771. The van der Waals surface area contributed by atoms with Crippen LogP contribution in [0.4, 0.5) is 0 Å². The normalized spacial score (nSPS) is 28.4. The van der Waals surface area contributed by atoms with Gasteiger partial charge in [-0.2, -0.15) is 11.8 Å². The lowest BCUT2D eigenvalue weighted by Crippen LogP contribution is -2.56. The van der Waals surface area contributed by atoms with Crippen molar-refractivity contribution < 1.29 is 0 Å². The van der Waals surface area contributed by atoms with Gasteiger partial charge in [0.1, 0.15) is 0 Å². The van der Waals surface area contributed by atoms with Crippen molar-refractivity contribution in [1.29, 1.82) is 0 Å². The summed E-state index contributed by atoms with van der Waals surface area (Å²) in [5.74, 6) is 3.54. The van der Waals surface area contributed by atoms with Crippen LogP contribution in [0.1, 0.15) is 52.4 Å². The Hall–Kier alpha value is 0.270. The Morgan fingerprint density at radius 2 is 2.05 bits per heavy atom. The molecule has 1 saturated heterocycles. The first-order valence-electron chi connectivity index (χ1n) is 8.36. The molecule has 0 aromatic carbocycles. The quantitative estimate of drug-likeness (QED) is 0.753. The molecule has 0 amide bonds. The summed E-state index contributed by atoms with van der Waals surface area (Å²) in [6.07, 6.45) is 8.68. The van der Waals surface area contributed by atoms with Gasteiger partial charge in [-0.3, -0.25) is 4.90 Å². The second kappa shape index (κ2) is 8.53.